The van der Waals surface area contributed by atoms with Crippen molar-refractivity contribution >= 4 is 19.9 Å². The van der Waals surface area contributed by atoms with Crippen molar-refractivity contribution in [2.45, 2.75) is 38.9 Å². The van der Waals surface area contributed by atoms with Crippen LogP contribution in [0.2, 0.25) is 5.67 Å². The van der Waals surface area contributed by atoms with Crippen LogP contribution in [0.15, 0.2) is 0 Å². The summed E-state index contributed by atoms with van der Waals surface area (Å²) in [6.45, 7) is 8.21. The lowest BCUT2D eigenvalue weighted by Gasteiger charge is -2.26. The predicted octanol–water partition coefficient (Wildman–Crippen LogP) is -0.0682. The molecule has 0 aliphatic rings. The van der Waals surface area contributed by atoms with Gasteiger partial charge in [-0.25, -0.2) is 0 Å². The van der Waals surface area contributed by atoms with E-state index in [0.717, 1.165) is 6.04 Å². The maximum absolute atomic E-state index is 2.70. The van der Waals surface area contributed by atoms with E-state index in [0.29, 0.717) is 0 Å². The molecular weight excluding hydrogens is 154 g/mol. The fourth-order valence-corrected chi connectivity index (χ4v) is 4.55. The first-order chi connectivity index (χ1) is 4.76. The summed E-state index contributed by atoms with van der Waals surface area (Å²) >= 11 is 0. The van der Waals surface area contributed by atoms with Gasteiger partial charge in [-0.15, -0.1) is 0 Å². The van der Waals surface area contributed by atoms with E-state index >= 15 is 0 Å². The molecule has 0 amide bonds. The lowest BCUT2D eigenvalue weighted by atomic mass is 10.3. The van der Waals surface area contributed by atoms with Crippen molar-refractivity contribution in [1.29, 1.82) is 0 Å². The summed E-state index contributed by atoms with van der Waals surface area (Å²) in [5.41, 5.74) is 1.55. The molecule has 0 rings (SSSR count). The second-order valence-electron chi connectivity index (χ2n) is 2.89. The number of rotatable bonds is 5. The molecule has 0 spiro atoms. The molecule has 10 heavy (non-hydrogen) atoms. The molecule has 0 aromatic rings. The van der Waals surface area contributed by atoms with E-state index in [1.807, 2.05) is 0 Å². The highest BCUT2D eigenvalue weighted by molar-refractivity contribution is 6.44. The Morgan fingerprint density at radius 3 is 2.40 bits per heavy atom. The van der Waals surface area contributed by atoms with E-state index in [2.05, 4.69) is 25.3 Å². The zero-order valence-corrected chi connectivity index (χ0v) is 11.3. The molecule has 1 unspecified atom stereocenters. The first-order valence-corrected chi connectivity index (χ1v) is 7.54. The van der Waals surface area contributed by atoms with Crippen molar-refractivity contribution in [3.8, 4) is 0 Å². The van der Waals surface area contributed by atoms with Gasteiger partial charge in [0.2, 0.25) is 0 Å². The molecule has 0 radical (unpaired) electrons. The average molecular weight is 175 g/mol. The summed E-state index contributed by atoms with van der Waals surface area (Å²) in [5.74, 6) is 0. The molecule has 0 aromatic heterocycles. The Bertz CT molecular complexity index is 78.0. The molecule has 0 saturated heterocycles. The van der Waals surface area contributed by atoms with Crippen molar-refractivity contribution in [1.82, 2.24) is 4.57 Å². The minimum Gasteiger partial charge on any atom is -0.327 e. The van der Waals surface area contributed by atoms with E-state index in [9.17, 15) is 0 Å². The smallest absolute Gasteiger partial charge is 0.0920 e. The third-order valence-corrected chi connectivity index (χ3v) is 5.57. The zero-order chi connectivity index (χ0) is 7.98. The fraction of sp³-hybridized carbons (Fsp3) is 1.00. The molecule has 0 saturated carbocycles. The second-order valence-corrected chi connectivity index (χ2v) is 8.15. The first-order valence-electron chi connectivity index (χ1n) is 4.50. The summed E-state index contributed by atoms with van der Waals surface area (Å²) in [6.07, 6.45) is 1.32. The van der Waals surface area contributed by atoms with Gasteiger partial charge in [0.25, 0.3) is 0 Å². The van der Waals surface area contributed by atoms with Crippen LogP contribution in [0, 0.1) is 0 Å². The molecule has 62 valence electrons. The maximum Gasteiger partial charge on any atom is 0.0920 e. The van der Waals surface area contributed by atoms with E-state index < -0.39 is 0 Å². The fourth-order valence-electron chi connectivity index (χ4n) is 1.24. The molecule has 0 bridgehead atoms. The summed E-state index contributed by atoms with van der Waals surface area (Å²) in [6, 6.07) is 0.852. The summed E-state index contributed by atoms with van der Waals surface area (Å²) in [5, 5.41) is 0. The molecular formula is C7H21NSi2. The van der Waals surface area contributed by atoms with Crippen molar-refractivity contribution in [2.75, 3.05) is 6.54 Å². The summed E-state index contributed by atoms with van der Waals surface area (Å²) in [4.78, 5) is 0. The Balaban J connectivity index is 3.56. The van der Waals surface area contributed by atoms with E-state index in [4.69, 9.17) is 0 Å². The van der Waals surface area contributed by atoms with Gasteiger partial charge in [0.1, 0.15) is 0 Å². The van der Waals surface area contributed by atoms with Crippen LogP contribution < -0.4 is 0 Å². The molecule has 0 aliphatic carbocycles. The van der Waals surface area contributed by atoms with Gasteiger partial charge in [-0.2, -0.15) is 0 Å². The molecule has 1 nitrogen and oxygen atoms in total. The van der Waals surface area contributed by atoms with Gasteiger partial charge in [-0.05, 0) is 19.0 Å². The van der Waals surface area contributed by atoms with Crippen molar-refractivity contribution < 1.29 is 0 Å². The van der Waals surface area contributed by atoms with Crippen LogP contribution in [0.4, 0.5) is 0 Å². The maximum atomic E-state index is 2.70. The van der Waals surface area contributed by atoms with E-state index in [1.54, 1.807) is 5.67 Å². The van der Waals surface area contributed by atoms with Crippen molar-refractivity contribution in [2.24, 2.45) is 0 Å². The van der Waals surface area contributed by atoms with Gasteiger partial charge in [0.15, 0.2) is 0 Å². The number of nitrogens with zero attached hydrogens (tertiary/aromatic N) is 1. The quantitative estimate of drug-likeness (QED) is 0.529. The van der Waals surface area contributed by atoms with Crippen molar-refractivity contribution in [3.05, 3.63) is 0 Å². The van der Waals surface area contributed by atoms with Gasteiger partial charge in [-0.1, -0.05) is 26.4 Å². The Morgan fingerprint density at radius 1 is 1.50 bits per heavy atom. The topological polar surface area (TPSA) is 3.24 Å². The van der Waals surface area contributed by atoms with E-state index in [-0.39, 0.29) is 9.68 Å². The van der Waals surface area contributed by atoms with Crippen LogP contribution in [-0.2, 0) is 0 Å². The average Bonchev–Trinajstić information content (AvgIpc) is 1.99. The van der Waals surface area contributed by atoms with E-state index in [1.165, 1.54) is 23.2 Å². The number of hydrogen-bond acceptors (Lipinski definition) is 1. The molecule has 0 N–H and O–H groups in total. The van der Waals surface area contributed by atoms with Gasteiger partial charge >= 0.3 is 0 Å². The number of hydrogen-bond donors (Lipinski definition) is 0. The highest BCUT2D eigenvalue weighted by Gasteiger charge is 2.07. The zero-order valence-electron chi connectivity index (χ0n) is 7.85. The predicted molar refractivity (Wildman–Crippen MR) is 55.4 cm³/mol. The third-order valence-electron chi connectivity index (χ3n) is 2.13. The van der Waals surface area contributed by atoms with Gasteiger partial charge in [0.05, 0.1) is 9.68 Å². The molecule has 1 atom stereocenters. The standard InChI is InChI=1S/C7H21NSi2/c1-4-7(3)8(5-2)10-6-9/h7H,4-6,10H2,1-3,9H3. The summed E-state index contributed by atoms with van der Waals surface area (Å²) in [7, 11) is 1.58. The van der Waals surface area contributed by atoms with Gasteiger partial charge in [-0.3, -0.25) is 0 Å². The lowest BCUT2D eigenvalue weighted by Crippen LogP contribution is -2.35. The second kappa shape index (κ2) is 6.13. The Labute approximate surface area is 70.5 Å². The largest absolute Gasteiger partial charge is 0.327 e. The highest BCUT2D eigenvalue weighted by Crippen LogP contribution is 2.00. The molecule has 0 aliphatic heterocycles. The SMILES string of the molecule is CCC(C)N(CC)[SiH2]C[SiH3]. The normalized spacial score (nSPS) is 15.6. The Kier molecular flexibility index (Phi) is 6.37. The minimum atomic E-state index is 0.172. The van der Waals surface area contributed by atoms with Gasteiger partial charge in [0, 0.05) is 10.2 Å². The van der Waals surface area contributed by atoms with Crippen LogP contribution >= 0.6 is 0 Å². The van der Waals surface area contributed by atoms with Gasteiger partial charge < -0.3 is 4.57 Å². The lowest BCUT2D eigenvalue weighted by molar-refractivity contribution is 0.358. The molecule has 0 aromatic carbocycles. The monoisotopic (exact) mass is 175 g/mol. The van der Waals surface area contributed by atoms with Crippen LogP contribution in [-0.4, -0.2) is 37.1 Å². The molecule has 0 heterocycles. The third kappa shape index (κ3) is 3.53. The van der Waals surface area contributed by atoms with Crippen LogP contribution in [0.5, 0.6) is 0 Å². The minimum absolute atomic E-state index is 0.172. The molecule has 0 fully saturated rings. The van der Waals surface area contributed by atoms with Crippen LogP contribution in [0.25, 0.3) is 0 Å². The van der Waals surface area contributed by atoms with Crippen LogP contribution in [0.3, 0.4) is 0 Å². The first kappa shape index (κ1) is 10.4. The Morgan fingerprint density at radius 2 is 2.10 bits per heavy atom. The highest BCUT2D eigenvalue weighted by atomic mass is 28.3. The van der Waals surface area contributed by atoms with Crippen LogP contribution in [0.1, 0.15) is 27.2 Å². The Hall–Kier alpha value is 0.394. The summed E-state index contributed by atoms with van der Waals surface area (Å²) < 4.78 is 2.70. The van der Waals surface area contributed by atoms with Crippen molar-refractivity contribution in [3.63, 3.8) is 0 Å². The molecule has 3 heteroatoms.